The number of likely N-dealkylation sites (N-methyl/N-ethyl adjacent to an activating group) is 1. The first-order chi connectivity index (χ1) is 13.4. The van der Waals surface area contributed by atoms with Crippen molar-refractivity contribution in [1.82, 2.24) is 19.1 Å². The van der Waals surface area contributed by atoms with E-state index in [0.717, 1.165) is 45.4 Å². The number of ether oxygens (including phenoxy) is 1. The minimum absolute atomic E-state index is 0.0745. The molecule has 2 saturated heterocycles. The largest absolute Gasteiger partial charge is 0.381 e. The molecule has 2 fully saturated rings. The van der Waals surface area contributed by atoms with Crippen molar-refractivity contribution in [2.24, 2.45) is 0 Å². The van der Waals surface area contributed by atoms with Crippen molar-refractivity contribution in [3.63, 3.8) is 0 Å². The molecule has 1 aromatic heterocycles. The maximum Gasteiger partial charge on any atom is 0.273 e. The summed E-state index contributed by atoms with van der Waals surface area (Å²) in [6, 6.07) is 0.537. The van der Waals surface area contributed by atoms with Gasteiger partial charge in [-0.1, -0.05) is 0 Å². The van der Waals surface area contributed by atoms with Gasteiger partial charge in [-0.2, -0.15) is 0 Å². The molecule has 0 bridgehead atoms. The first-order valence-corrected chi connectivity index (χ1v) is 12.6. The molecule has 0 aromatic carbocycles. The Morgan fingerprint density at radius 1 is 1.29 bits per heavy atom. The number of thiazole rings is 1. The van der Waals surface area contributed by atoms with E-state index >= 15 is 0 Å². The quantitative estimate of drug-likeness (QED) is 0.645. The van der Waals surface area contributed by atoms with Crippen LogP contribution < -0.4 is 0 Å². The van der Waals surface area contributed by atoms with E-state index in [9.17, 15) is 13.2 Å². The van der Waals surface area contributed by atoms with E-state index in [1.165, 1.54) is 17.6 Å². The summed E-state index contributed by atoms with van der Waals surface area (Å²) in [5.41, 5.74) is 2.14. The Bertz CT molecular complexity index is 735. The van der Waals surface area contributed by atoms with E-state index < -0.39 is 10.0 Å². The summed E-state index contributed by atoms with van der Waals surface area (Å²) in [5.74, 6) is -0.0745. The van der Waals surface area contributed by atoms with Gasteiger partial charge in [-0.3, -0.25) is 9.69 Å². The molecule has 1 unspecified atom stereocenters. The summed E-state index contributed by atoms with van der Waals surface area (Å²) in [7, 11) is -1.39. The molecular weight excluding hydrogens is 400 g/mol. The fourth-order valence-corrected chi connectivity index (χ4v) is 5.48. The van der Waals surface area contributed by atoms with Gasteiger partial charge in [0.15, 0.2) is 0 Å². The number of sulfonamides is 1. The molecule has 3 heterocycles. The number of hydrogen-bond donors (Lipinski definition) is 0. The zero-order valence-electron chi connectivity index (χ0n) is 16.6. The Labute approximate surface area is 171 Å². The van der Waals surface area contributed by atoms with Gasteiger partial charge in [0.1, 0.15) is 5.69 Å². The first-order valence-electron chi connectivity index (χ1n) is 9.78. The average Bonchev–Trinajstić information content (AvgIpc) is 3.22. The highest BCUT2D eigenvalue weighted by atomic mass is 32.2. The van der Waals surface area contributed by atoms with Crippen molar-refractivity contribution in [1.29, 1.82) is 0 Å². The molecule has 0 aliphatic carbocycles. The van der Waals surface area contributed by atoms with Gasteiger partial charge in [0.2, 0.25) is 10.0 Å². The smallest absolute Gasteiger partial charge is 0.273 e. The number of nitrogens with zero attached hydrogens (tertiary/aromatic N) is 4. The summed E-state index contributed by atoms with van der Waals surface area (Å²) in [6.45, 7) is 3.90. The molecular formula is C18H30N4O4S2. The van der Waals surface area contributed by atoms with Crippen LogP contribution in [-0.4, -0.2) is 98.2 Å². The van der Waals surface area contributed by atoms with Crippen LogP contribution in [0.5, 0.6) is 0 Å². The molecule has 1 amide bonds. The van der Waals surface area contributed by atoms with E-state index in [1.54, 1.807) is 27.1 Å². The third-order valence-corrected chi connectivity index (χ3v) is 7.51. The van der Waals surface area contributed by atoms with Gasteiger partial charge in [0.25, 0.3) is 5.91 Å². The molecule has 0 radical (unpaired) electrons. The second-order valence-corrected chi connectivity index (χ2v) is 10.3. The highest BCUT2D eigenvalue weighted by Crippen LogP contribution is 2.24. The topological polar surface area (TPSA) is 83.0 Å². The summed E-state index contributed by atoms with van der Waals surface area (Å²) in [5, 5.41) is 1.76. The normalized spacial score (nSPS) is 22.5. The van der Waals surface area contributed by atoms with Gasteiger partial charge >= 0.3 is 0 Å². The van der Waals surface area contributed by atoms with Crippen molar-refractivity contribution < 1.29 is 17.9 Å². The minimum Gasteiger partial charge on any atom is -0.381 e. The number of carbonyl (C=O) groups excluding carboxylic acids is 1. The van der Waals surface area contributed by atoms with Crippen LogP contribution in [0.2, 0.25) is 0 Å². The van der Waals surface area contributed by atoms with E-state index in [0.29, 0.717) is 31.4 Å². The zero-order valence-corrected chi connectivity index (χ0v) is 18.3. The lowest BCUT2D eigenvalue weighted by Gasteiger charge is -2.44. The molecule has 8 nitrogen and oxygen atoms in total. The van der Waals surface area contributed by atoms with Gasteiger partial charge in [-0.25, -0.2) is 17.7 Å². The number of carbonyl (C=O) groups is 1. The molecule has 0 saturated carbocycles. The second-order valence-electron chi connectivity index (χ2n) is 7.60. The fourth-order valence-electron chi connectivity index (χ4n) is 4.05. The molecule has 0 N–H and O–H groups in total. The lowest BCUT2D eigenvalue weighted by atomic mass is 9.99. The van der Waals surface area contributed by atoms with E-state index in [4.69, 9.17) is 4.74 Å². The number of amides is 1. The van der Waals surface area contributed by atoms with Crippen LogP contribution in [0, 0.1) is 0 Å². The van der Waals surface area contributed by atoms with Crippen LogP contribution in [0.25, 0.3) is 0 Å². The molecule has 1 aromatic rings. The molecule has 158 valence electrons. The van der Waals surface area contributed by atoms with E-state index in [1.807, 2.05) is 0 Å². The molecule has 3 rings (SSSR count). The molecule has 28 heavy (non-hydrogen) atoms. The van der Waals surface area contributed by atoms with Gasteiger partial charge in [0, 0.05) is 63.9 Å². The van der Waals surface area contributed by atoms with Crippen LogP contribution >= 0.6 is 11.3 Å². The Hall–Kier alpha value is -1.07. The van der Waals surface area contributed by atoms with E-state index in [-0.39, 0.29) is 11.9 Å². The van der Waals surface area contributed by atoms with Crippen molar-refractivity contribution in [3.05, 3.63) is 16.6 Å². The van der Waals surface area contributed by atoms with Gasteiger partial charge < -0.3 is 9.64 Å². The predicted octanol–water partition coefficient (Wildman–Crippen LogP) is 1.12. The summed E-state index contributed by atoms with van der Waals surface area (Å²) < 4.78 is 31.2. The Morgan fingerprint density at radius 2 is 2.04 bits per heavy atom. The lowest BCUT2D eigenvalue weighted by Crippen LogP contribution is -2.55. The van der Waals surface area contributed by atoms with Gasteiger partial charge in [-0.05, 0) is 25.7 Å². The molecule has 10 heteroatoms. The lowest BCUT2D eigenvalue weighted by molar-refractivity contribution is 0.00317. The monoisotopic (exact) mass is 430 g/mol. The average molecular weight is 431 g/mol. The van der Waals surface area contributed by atoms with Crippen molar-refractivity contribution in [2.75, 3.05) is 52.7 Å². The molecule has 2 aliphatic heterocycles. The number of rotatable bonds is 7. The third kappa shape index (κ3) is 5.50. The van der Waals surface area contributed by atoms with Gasteiger partial charge in [-0.15, -0.1) is 11.3 Å². The predicted molar refractivity (Wildman–Crippen MR) is 109 cm³/mol. The van der Waals surface area contributed by atoms with Crippen LogP contribution in [0.3, 0.4) is 0 Å². The number of aromatic nitrogens is 1. The SMILES string of the molecule is CN(CCN(C1CCOCC1)C1CCCN(S(C)(=O)=O)C1)C(=O)c1cscn1. The molecule has 1 atom stereocenters. The second kappa shape index (κ2) is 9.62. The van der Waals surface area contributed by atoms with E-state index in [2.05, 4.69) is 9.88 Å². The van der Waals surface area contributed by atoms with Crippen molar-refractivity contribution in [3.8, 4) is 0 Å². The van der Waals surface area contributed by atoms with Crippen LogP contribution in [-0.2, 0) is 14.8 Å². The molecule has 0 spiro atoms. The number of hydrogen-bond acceptors (Lipinski definition) is 7. The Morgan fingerprint density at radius 3 is 2.68 bits per heavy atom. The third-order valence-electron chi connectivity index (χ3n) is 5.65. The summed E-state index contributed by atoms with van der Waals surface area (Å²) >= 11 is 1.41. The minimum atomic E-state index is -3.19. The summed E-state index contributed by atoms with van der Waals surface area (Å²) in [6.07, 6.45) is 5.02. The highest BCUT2D eigenvalue weighted by Gasteiger charge is 2.34. The fraction of sp³-hybridized carbons (Fsp3) is 0.778. The van der Waals surface area contributed by atoms with Crippen LogP contribution in [0.1, 0.15) is 36.2 Å². The van der Waals surface area contributed by atoms with Gasteiger partial charge in [0.05, 0.1) is 11.8 Å². The Balaban J connectivity index is 1.67. The van der Waals surface area contributed by atoms with Crippen LogP contribution in [0.4, 0.5) is 0 Å². The highest BCUT2D eigenvalue weighted by molar-refractivity contribution is 7.88. The zero-order chi connectivity index (χ0) is 20.1. The molecule has 2 aliphatic rings. The first kappa shape index (κ1) is 21.6. The van der Waals surface area contributed by atoms with Crippen molar-refractivity contribution >= 4 is 27.3 Å². The Kier molecular flexibility index (Phi) is 7.43. The standard InChI is InChI=1S/C18H30N4O4S2/c1-20(18(23)17-13-27-14-19-17)8-9-22(15-5-10-26-11-6-15)16-4-3-7-21(12-16)28(2,24)25/h13-16H,3-12H2,1-2H3. The van der Waals surface area contributed by atoms with Crippen LogP contribution in [0.15, 0.2) is 10.9 Å². The van der Waals surface area contributed by atoms with Crippen molar-refractivity contribution in [2.45, 2.75) is 37.8 Å². The number of piperidine rings is 1. The maximum atomic E-state index is 12.5. The maximum absolute atomic E-state index is 12.5. The summed E-state index contributed by atoms with van der Waals surface area (Å²) in [4.78, 5) is 20.7.